The summed E-state index contributed by atoms with van der Waals surface area (Å²) in [5.74, 6) is 0.899. The molecule has 0 bridgehead atoms. The van der Waals surface area contributed by atoms with Crippen molar-refractivity contribution in [2.75, 3.05) is 12.4 Å². The Bertz CT molecular complexity index is 118. The number of aliphatic hydroxyl groups is 1. The van der Waals surface area contributed by atoms with Gasteiger partial charge in [-0.15, -0.1) is 0 Å². The van der Waals surface area contributed by atoms with Gasteiger partial charge in [-0.1, -0.05) is 33.9 Å². The highest BCUT2D eigenvalue weighted by Crippen LogP contribution is 2.42. The van der Waals surface area contributed by atoms with Crippen LogP contribution in [0.3, 0.4) is 0 Å². The number of aliphatic hydroxyl groups excluding tert-OH is 1. The summed E-state index contributed by atoms with van der Waals surface area (Å²) in [4.78, 5) is 0. The summed E-state index contributed by atoms with van der Waals surface area (Å²) >= 11 is 1.97. The molecule has 11 heavy (non-hydrogen) atoms. The first kappa shape index (κ1) is 11.5. The summed E-state index contributed by atoms with van der Waals surface area (Å²) in [6.07, 6.45) is 0. The van der Waals surface area contributed by atoms with E-state index in [-0.39, 0.29) is 0 Å². The maximum Gasteiger partial charge on any atom is 0.116 e. The average molecular weight is 192 g/mol. The molecule has 0 rings (SSSR count). The molecule has 0 saturated carbocycles. The van der Waals surface area contributed by atoms with E-state index in [1.54, 1.807) is 0 Å². The third-order valence-corrected chi connectivity index (χ3v) is 11.7. The van der Waals surface area contributed by atoms with Crippen molar-refractivity contribution in [2.45, 2.75) is 38.9 Å². The van der Waals surface area contributed by atoms with E-state index in [2.05, 4.69) is 33.9 Å². The fourth-order valence-electron chi connectivity index (χ4n) is 0.517. The topological polar surface area (TPSA) is 20.2 Å². The van der Waals surface area contributed by atoms with Gasteiger partial charge >= 0.3 is 0 Å². The van der Waals surface area contributed by atoms with Crippen LogP contribution in [0.2, 0.25) is 18.1 Å². The minimum absolute atomic E-state index is 0.317. The summed E-state index contributed by atoms with van der Waals surface area (Å²) < 4.78 is 0. The van der Waals surface area contributed by atoms with Crippen molar-refractivity contribution < 1.29 is 5.11 Å². The van der Waals surface area contributed by atoms with Crippen molar-refractivity contribution in [3.8, 4) is 0 Å². The molecule has 0 amide bonds. The Morgan fingerprint density at radius 1 is 1.27 bits per heavy atom. The standard InChI is InChI=1S/C8H20OSSi/c1-8(2,3)11(4,5)10-7-6-9/h9H,6-7H2,1-5H3. The van der Waals surface area contributed by atoms with E-state index in [1.807, 2.05) is 11.2 Å². The van der Waals surface area contributed by atoms with Gasteiger partial charge in [-0.3, -0.25) is 0 Å². The van der Waals surface area contributed by atoms with E-state index < -0.39 is 7.22 Å². The molecule has 0 heterocycles. The molecule has 0 saturated heterocycles. The predicted molar refractivity (Wildman–Crippen MR) is 56.7 cm³/mol. The summed E-state index contributed by atoms with van der Waals surface area (Å²) in [5, 5.41) is 9.13. The highest BCUT2D eigenvalue weighted by Gasteiger charge is 2.35. The molecule has 0 aromatic carbocycles. The van der Waals surface area contributed by atoms with Gasteiger partial charge in [-0.2, -0.15) is 11.2 Å². The van der Waals surface area contributed by atoms with Crippen LogP contribution < -0.4 is 0 Å². The van der Waals surface area contributed by atoms with Crippen LogP contribution in [0.1, 0.15) is 20.8 Å². The highest BCUT2D eigenvalue weighted by molar-refractivity contribution is 8.29. The van der Waals surface area contributed by atoms with Gasteiger partial charge in [0.25, 0.3) is 0 Å². The summed E-state index contributed by atoms with van der Waals surface area (Å²) in [5.41, 5.74) is 0. The van der Waals surface area contributed by atoms with Crippen molar-refractivity contribution in [2.24, 2.45) is 0 Å². The quantitative estimate of drug-likeness (QED) is 0.694. The second-order valence-electron chi connectivity index (χ2n) is 4.33. The van der Waals surface area contributed by atoms with Gasteiger partial charge in [0.1, 0.15) is 7.22 Å². The van der Waals surface area contributed by atoms with Crippen LogP contribution in [-0.4, -0.2) is 24.7 Å². The van der Waals surface area contributed by atoms with E-state index in [0.29, 0.717) is 11.6 Å². The third-order valence-electron chi connectivity index (χ3n) is 2.36. The Labute approximate surface area is 75.2 Å². The van der Waals surface area contributed by atoms with Gasteiger partial charge in [0, 0.05) is 5.75 Å². The van der Waals surface area contributed by atoms with Crippen LogP contribution in [0, 0.1) is 0 Å². The Kier molecular flexibility index (Phi) is 4.15. The van der Waals surface area contributed by atoms with Crippen LogP contribution in [0.5, 0.6) is 0 Å². The van der Waals surface area contributed by atoms with E-state index >= 15 is 0 Å². The molecule has 0 spiro atoms. The van der Waals surface area contributed by atoms with Gasteiger partial charge in [0.2, 0.25) is 0 Å². The highest BCUT2D eigenvalue weighted by atomic mass is 32.4. The molecule has 0 aromatic heterocycles. The van der Waals surface area contributed by atoms with Gasteiger partial charge in [0.15, 0.2) is 0 Å². The van der Waals surface area contributed by atoms with Gasteiger partial charge < -0.3 is 5.11 Å². The third kappa shape index (κ3) is 3.63. The Hall–Kier alpha value is 0.527. The second kappa shape index (κ2) is 3.96. The fraction of sp³-hybridized carbons (Fsp3) is 1.00. The van der Waals surface area contributed by atoms with Gasteiger partial charge in [-0.25, -0.2) is 0 Å². The minimum atomic E-state index is -1.17. The zero-order valence-electron chi connectivity index (χ0n) is 8.27. The molecule has 0 radical (unpaired) electrons. The molecule has 1 nitrogen and oxygen atoms in total. The Morgan fingerprint density at radius 3 is 2.00 bits per heavy atom. The van der Waals surface area contributed by atoms with E-state index in [9.17, 15) is 0 Å². The lowest BCUT2D eigenvalue weighted by Crippen LogP contribution is -2.34. The fourth-order valence-corrected chi connectivity index (χ4v) is 4.66. The van der Waals surface area contributed by atoms with Crippen molar-refractivity contribution in [3.63, 3.8) is 0 Å². The molecular weight excluding hydrogens is 172 g/mol. The van der Waals surface area contributed by atoms with Crippen molar-refractivity contribution >= 4 is 18.4 Å². The molecule has 3 heteroatoms. The normalized spacial score (nSPS) is 13.6. The van der Waals surface area contributed by atoms with E-state index in [4.69, 9.17) is 5.11 Å². The Morgan fingerprint density at radius 2 is 1.73 bits per heavy atom. The molecule has 0 unspecified atom stereocenters. The number of hydrogen-bond acceptors (Lipinski definition) is 2. The minimum Gasteiger partial charge on any atom is -0.396 e. The maximum absolute atomic E-state index is 8.70. The zero-order chi connectivity index (χ0) is 9.12. The molecule has 68 valence electrons. The smallest absolute Gasteiger partial charge is 0.116 e. The first-order chi connectivity index (χ1) is 4.81. The lowest BCUT2D eigenvalue weighted by molar-refractivity contribution is 0.323. The molecule has 0 atom stereocenters. The summed E-state index contributed by atoms with van der Waals surface area (Å²) in [6, 6.07) is 0. The lowest BCUT2D eigenvalue weighted by atomic mass is 10.2. The van der Waals surface area contributed by atoms with E-state index in [1.165, 1.54) is 0 Å². The molecule has 0 aliphatic heterocycles. The van der Waals surface area contributed by atoms with Crippen molar-refractivity contribution in [3.05, 3.63) is 0 Å². The lowest BCUT2D eigenvalue weighted by Gasteiger charge is -2.35. The summed E-state index contributed by atoms with van der Waals surface area (Å²) in [7, 11) is -1.17. The van der Waals surface area contributed by atoms with Crippen LogP contribution >= 0.6 is 11.2 Å². The number of rotatable bonds is 3. The average Bonchev–Trinajstić information content (AvgIpc) is 1.81. The zero-order valence-corrected chi connectivity index (χ0v) is 10.1. The molecular formula is C8H20OSSi. The van der Waals surface area contributed by atoms with Crippen LogP contribution in [0.15, 0.2) is 0 Å². The largest absolute Gasteiger partial charge is 0.396 e. The summed E-state index contributed by atoms with van der Waals surface area (Å²) in [6.45, 7) is 11.9. The maximum atomic E-state index is 8.70. The first-order valence-corrected chi connectivity index (χ1v) is 8.77. The number of hydrogen-bond donors (Lipinski definition) is 1. The van der Waals surface area contributed by atoms with Crippen LogP contribution in [0.4, 0.5) is 0 Å². The van der Waals surface area contributed by atoms with Crippen LogP contribution in [0.25, 0.3) is 0 Å². The van der Waals surface area contributed by atoms with Crippen LogP contribution in [-0.2, 0) is 0 Å². The van der Waals surface area contributed by atoms with Gasteiger partial charge in [0.05, 0.1) is 6.61 Å². The molecule has 0 fully saturated rings. The molecule has 0 aliphatic rings. The second-order valence-corrected chi connectivity index (χ2v) is 13.5. The van der Waals surface area contributed by atoms with Crippen molar-refractivity contribution in [1.82, 2.24) is 0 Å². The van der Waals surface area contributed by atoms with Gasteiger partial charge in [-0.05, 0) is 5.04 Å². The molecule has 0 aliphatic carbocycles. The first-order valence-electron chi connectivity index (χ1n) is 4.06. The van der Waals surface area contributed by atoms with Crippen molar-refractivity contribution in [1.29, 1.82) is 0 Å². The van der Waals surface area contributed by atoms with E-state index in [0.717, 1.165) is 5.75 Å². The monoisotopic (exact) mass is 192 g/mol. The SMILES string of the molecule is CC(C)(C)[Si](C)(C)SCCO. The molecule has 0 aromatic rings. The molecule has 1 N–H and O–H groups in total. The predicted octanol–water partition coefficient (Wildman–Crippen LogP) is 2.72. The Balaban J connectivity index is 4.00.